The summed E-state index contributed by atoms with van der Waals surface area (Å²) in [6, 6.07) is 0. The highest BCUT2D eigenvalue weighted by molar-refractivity contribution is 7.47. The third-order valence-electron chi connectivity index (χ3n) is 16.0. The van der Waals surface area contributed by atoms with Crippen molar-refractivity contribution in [2.75, 3.05) is 39.6 Å². The summed E-state index contributed by atoms with van der Waals surface area (Å²) in [5.74, 6) is -1.62. The van der Waals surface area contributed by atoms with Crippen LogP contribution in [-0.4, -0.2) is 95.9 Å². The van der Waals surface area contributed by atoms with Crippen LogP contribution in [0.3, 0.4) is 0 Å². The Hall–Kier alpha value is -4.57. The largest absolute Gasteiger partial charge is 0.472 e. The van der Waals surface area contributed by atoms with Crippen molar-refractivity contribution in [1.29, 1.82) is 0 Å². The zero-order valence-corrected chi connectivity index (χ0v) is 64.8. The molecule has 0 radical (unpaired) electrons. The Balaban J connectivity index is 4.56. The van der Waals surface area contributed by atoms with Gasteiger partial charge in [-0.25, -0.2) is 9.13 Å². The van der Waals surface area contributed by atoms with E-state index in [1.807, 2.05) is 0 Å². The quantitative estimate of drug-likeness (QED) is 0.0146. The molecule has 5 unspecified atom stereocenters. The van der Waals surface area contributed by atoms with Crippen LogP contribution in [-0.2, 0) is 55.8 Å². The van der Waals surface area contributed by atoms with Crippen LogP contribution in [0.4, 0.5) is 0 Å². The van der Waals surface area contributed by atoms with E-state index < -0.39 is 91.5 Å². The Morgan fingerprint density at radius 2 is 0.525 bits per heavy atom. The van der Waals surface area contributed by atoms with Crippen LogP contribution in [0.1, 0.15) is 303 Å². The first-order chi connectivity index (χ1) is 49.2. The standard InChI is InChI=1S/C83H140O16P2/c1-4-7-10-13-16-19-22-25-28-30-32-34-35-36-37-38-39-40-41-43-45-46-49-51-54-57-60-63-66-69-81(86)93-72-78(84)73-95-100(89,90)96-74-79(85)75-97-101(91,92)98-77-80(99-83(88)71-68-65-62-59-56-53-48-27-24-21-18-15-12-9-6-3)76-94-82(87)70-67-64-61-58-55-52-50-47-44-42-33-31-29-26-23-20-17-14-11-8-5-2/h8-9,11-12,16-21,25-29,32-34,36-37,42,47-48,50,78-80,84-85H,4-7,10,13-15,22-24,30-31,35,38-41,43-46,49,51-77H2,1-3H3,(H,89,90)(H,91,92)/b11-8-,12-9-,19-16-,20-17-,21-18-,28-25-,29-26-,34-32-,37-36-,42-33-,48-27-,50-47-. The summed E-state index contributed by atoms with van der Waals surface area (Å²) in [6.45, 7) is 2.38. The predicted octanol–water partition coefficient (Wildman–Crippen LogP) is 22.9. The molecule has 0 aliphatic carbocycles. The number of rotatable bonds is 73. The molecule has 0 saturated heterocycles. The molecule has 0 spiro atoms. The predicted molar refractivity (Wildman–Crippen MR) is 417 cm³/mol. The fourth-order valence-electron chi connectivity index (χ4n) is 10.1. The smallest absolute Gasteiger partial charge is 0.463 e. The molecule has 0 heterocycles. The Morgan fingerprint density at radius 1 is 0.287 bits per heavy atom. The normalized spacial score (nSPS) is 14.8. The lowest BCUT2D eigenvalue weighted by Gasteiger charge is -2.21. The number of carbonyl (C=O) groups is 3. The van der Waals surface area contributed by atoms with Gasteiger partial charge in [0.25, 0.3) is 0 Å². The Kier molecular flexibility index (Phi) is 71.7. The second kappa shape index (κ2) is 75.1. The SMILES string of the molecule is CC/C=C\C/C=C\C/C=C\C/C=C\C/C=C\CCCCCCCC(=O)OCC(COP(=O)(O)OCC(O)COP(=O)(O)OCC(O)COC(=O)CCCCCCCCCCCCCCC/C=C\C/C=C\C/C=C\C/C=C\CCCCC)OC(=O)CCCCCCC/C=C\C/C=C\C/C=C\CC. The van der Waals surface area contributed by atoms with Gasteiger partial charge in [0.1, 0.15) is 25.4 Å². The summed E-state index contributed by atoms with van der Waals surface area (Å²) < 4.78 is 61.1. The molecule has 0 aromatic carbocycles. The van der Waals surface area contributed by atoms with Crippen LogP contribution in [0.25, 0.3) is 0 Å². The number of phosphoric acid groups is 2. The molecule has 18 heteroatoms. The van der Waals surface area contributed by atoms with E-state index in [0.29, 0.717) is 19.3 Å². The lowest BCUT2D eigenvalue weighted by atomic mass is 10.0. The minimum atomic E-state index is -4.94. The molecule has 0 aliphatic rings. The maximum atomic E-state index is 13.0. The number of hydrogen-bond acceptors (Lipinski definition) is 14. The van der Waals surface area contributed by atoms with Crippen molar-refractivity contribution in [3.05, 3.63) is 146 Å². The van der Waals surface area contributed by atoms with E-state index in [9.17, 15) is 43.5 Å². The Morgan fingerprint density at radius 3 is 0.832 bits per heavy atom. The highest BCUT2D eigenvalue weighted by Gasteiger charge is 2.29. The molecule has 0 aromatic heterocycles. The second-order valence-corrected chi connectivity index (χ2v) is 28.7. The van der Waals surface area contributed by atoms with Crippen molar-refractivity contribution in [1.82, 2.24) is 0 Å². The van der Waals surface area contributed by atoms with E-state index >= 15 is 0 Å². The number of esters is 3. The molecule has 0 fully saturated rings. The Labute approximate surface area is 613 Å². The number of aliphatic hydroxyl groups excluding tert-OH is 2. The summed E-state index contributed by atoms with van der Waals surface area (Å²) in [7, 11) is -9.81. The lowest BCUT2D eigenvalue weighted by Crippen LogP contribution is -2.30. The maximum Gasteiger partial charge on any atom is 0.472 e. The van der Waals surface area contributed by atoms with Crippen LogP contribution >= 0.6 is 15.6 Å². The fourth-order valence-corrected chi connectivity index (χ4v) is 11.7. The van der Waals surface area contributed by atoms with Gasteiger partial charge in [-0.3, -0.25) is 32.5 Å². The fraction of sp³-hybridized carbons (Fsp3) is 0.675. The minimum Gasteiger partial charge on any atom is -0.463 e. The molecule has 4 N–H and O–H groups in total. The highest BCUT2D eigenvalue weighted by Crippen LogP contribution is 2.45. The van der Waals surface area contributed by atoms with Gasteiger partial charge in [-0.2, -0.15) is 0 Å². The van der Waals surface area contributed by atoms with E-state index in [1.165, 1.54) is 83.5 Å². The molecule has 578 valence electrons. The van der Waals surface area contributed by atoms with Gasteiger partial charge in [0.2, 0.25) is 0 Å². The van der Waals surface area contributed by atoms with Gasteiger partial charge in [-0.1, -0.05) is 289 Å². The van der Waals surface area contributed by atoms with Gasteiger partial charge in [-0.05, 0) is 141 Å². The van der Waals surface area contributed by atoms with Crippen LogP contribution < -0.4 is 0 Å². The summed E-state index contributed by atoms with van der Waals surface area (Å²) in [5.41, 5.74) is 0. The van der Waals surface area contributed by atoms with Crippen molar-refractivity contribution in [3.8, 4) is 0 Å². The van der Waals surface area contributed by atoms with Crippen LogP contribution in [0.5, 0.6) is 0 Å². The van der Waals surface area contributed by atoms with Crippen molar-refractivity contribution in [2.24, 2.45) is 0 Å². The molecule has 0 bridgehead atoms. The number of ether oxygens (including phenoxy) is 3. The molecular weight excluding hydrogens is 1310 g/mol. The minimum absolute atomic E-state index is 0.0761. The van der Waals surface area contributed by atoms with E-state index in [2.05, 4.69) is 167 Å². The first-order valence-electron chi connectivity index (χ1n) is 39.1. The van der Waals surface area contributed by atoms with E-state index in [0.717, 1.165) is 161 Å². The number of allylic oxidation sites excluding steroid dienone is 24. The summed E-state index contributed by atoms with van der Waals surface area (Å²) >= 11 is 0. The third-order valence-corrected chi connectivity index (χ3v) is 17.9. The molecular formula is C83H140O16P2. The molecule has 0 aliphatic heterocycles. The number of phosphoric ester groups is 2. The number of aliphatic hydroxyl groups is 2. The summed E-state index contributed by atoms with van der Waals surface area (Å²) in [4.78, 5) is 58.6. The topological polar surface area (TPSA) is 231 Å². The molecule has 5 atom stereocenters. The average Bonchev–Trinajstić information content (AvgIpc) is 1.09. The first-order valence-corrected chi connectivity index (χ1v) is 42.1. The highest BCUT2D eigenvalue weighted by atomic mass is 31.2. The second-order valence-electron chi connectivity index (χ2n) is 25.7. The van der Waals surface area contributed by atoms with E-state index in [1.54, 1.807) is 0 Å². The first kappa shape index (κ1) is 96.4. The van der Waals surface area contributed by atoms with Crippen molar-refractivity contribution in [3.63, 3.8) is 0 Å². The monoisotopic (exact) mass is 1450 g/mol. The van der Waals surface area contributed by atoms with E-state index in [-0.39, 0.29) is 19.3 Å². The number of carbonyl (C=O) groups excluding carboxylic acids is 3. The van der Waals surface area contributed by atoms with E-state index in [4.69, 9.17) is 32.3 Å². The lowest BCUT2D eigenvalue weighted by molar-refractivity contribution is -0.161. The summed E-state index contributed by atoms with van der Waals surface area (Å²) in [6.07, 6.45) is 91.8. The zero-order valence-electron chi connectivity index (χ0n) is 63.0. The van der Waals surface area contributed by atoms with Crippen LogP contribution in [0, 0.1) is 0 Å². The van der Waals surface area contributed by atoms with Crippen molar-refractivity contribution < 1.29 is 75.8 Å². The average molecular weight is 1460 g/mol. The van der Waals surface area contributed by atoms with Gasteiger partial charge >= 0.3 is 33.6 Å². The molecule has 0 aromatic rings. The Bertz CT molecular complexity index is 2420. The molecule has 0 saturated carbocycles. The van der Waals surface area contributed by atoms with Crippen molar-refractivity contribution in [2.45, 2.75) is 322 Å². The molecule has 16 nitrogen and oxygen atoms in total. The number of unbranched alkanes of at least 4 members (excludes halogenated alkanes) is 26. The van der Waals surface area contributed by atoms with Gasteiger partial charge in [-0.15, -0.1) is 0 Å². The van der Waals surface area contributed by atoms with Gasteiger partial charge < -0.3 is 34.2 Å². The number of hydrogen-bond donors (Lipinski definition) is 4. The molecule has 101 heavy (non-hydrogen) atoms. The van der Waals surface area contributed by atoms with Gasteiger partial charge in [0.05, 0.1) is 26.4 Å². The van der Waals surface area contributed by atoms with Gasteiger partial charge in [0.15, 0.2) is 6.10 Å². The van der Waals surface area contributed by atoms with Gasteiger partial charge in [0, 0.05) is 19.3 Å². The maximum absolute atomic E-state index is 13.0. The zero-order chi connectivity index (χ0) is 73.7. The third kappa shape index (κ3) is 76.4. The summed E-state index contributed by atoms with van der Waals surface area (Å²) in [5, 5.41) is 20.6. The van der Waals surface area contributed by atoms with Crippen LogP contribution in [0.2, 0.25) is 0 Å². The van der Waals surface area contributed by atoms with Crippen LogP contribution in [0.15, 0.2) is 146 Å². The molecule has 0 rings (SSSR count). The molecule has 0 amide bonds. The van der Waals surface area contributed by atoms with Crippen molar-refractivity contribution >= 4 is 33.6 Å².